The number of carbonyl (C=O) groups excluding carboxylic acids is 2. The molecule has 2 aromatic heterocycles. The Bertz CT molecular complexity index is 840. The molecule has 0 saturated carbocycles. The number of nitriles is 1. The van der Waals surface area contributed by atoms with E-state index in [4.69, 9.17) is 9.47 Å². The molecule has 0 spiro atoms. The molecule has 0 aromatic carbocycles. The molecular formula is C17H16N2O4. The first-order valence-electron chi connectivity index (χ1n) is 7.06. The molecule has 0 amide bonds. The molecule has 6 heteroatoms. The van der Waals surface area contributed by atoms with Gasteiger partial charge in [0.15, 0.2) is 5.75 Å². The summed E-state index contributed by atoms with van der Waals surface area (Å²) in [6.45, 7) is 4.92. The maximum atomic E-state index is 11.8. The van der Waals surface area contributed by atoms with Crippen molar-refractivity contribution in [3.63, 3.8) is 0 Å². The summed E-state index contributed by atoms with van der Waals surface area (Å²) >= 11 is 0. The normalized spacial score (nSPS) is 11.1. The predicted octanol–water partition coefficient (Wildman–Crippen LogP) is 2.64. The number of aromatic nitrogens is 1. The Morgan fingerprint density at radius 2 is 2.13 bits per heavy atom. The van der Waals surface area contributed by atoms with Crippen LogP contribution in [0.15, 0.2) is 30.0 Å². The zero-order valence-corrected chi connectivity index (χ0v) is 13.1. The number of ether oxygens (including phenoxy) is 2. The van der Waals surface area contributed by atoms with Gasteiger partial charge < -0.3 is 13.9 Å². The van der Waals surface area contributed by atoms with Crippen LogP contribution in [0.4, 0.5) is 0 Å². The molecule has 0 fully saturated rings. The van der Waals surface area contributed by atoms with E-state index in [1.54, 1.807) is 13.8 Å². The van der Waals surface area contributed by atoms with E-state index in [1.165, 1.54) is 13.0 Å². The third-order valence-electron chi connectivity index (χ3n) is 3.22. The second-order valence-electron chi connectivity index (χ2n) is 4.77. The van der Waals surface area contributed by atoms with Crippen LogP contribution in [-0.2, 0) is 14.3 Å². The quantitative estimate of drug-likeness (QED) is 0.492. The largest absolute Gasteiger partial charge is 0.462 e. The molecule has 0 aliphatic heterocycles. The van der Waals surface area contributed by atoms with E-state index < -0.39 is 11.9 Å². The summed E-state index contributed by atoms with van der Waals surface area (Å²) in [6.07, 6.45) is 3.20. The minimum atomic E-state index is -0.711. The van der Waals surface area contributed by atoms with E-state index in [1.807, 2.05) is 34.9 Å². The van der Waals surface area contributed by atoms with Crippen molar-refractivity contribution in [2.24, 2.45) is 0 Å². The summed E-state index contributed by atoms with van der Waals surface area (Å²) in [6, 6.07) is 7.29. The van der Waals surface area contributed by atoms with Gasteiger partial charge in [0.1, 0.15) is 11.6 Å². The maximum absolute atomic E-state index is 11.8. The SMILES string of the molecule is CCOC(=O)/C(C#N)=C\c1c(OC(C)=O)c(C)n2ccccc12. The van der Waals surface area contributed by atoms with Crippen molar-refractivity contribution in [1.82, 2.24) is 4.40 Å². The van der Waals surface area contributed by atoms with Gasteiger partial charge >= 0.3 is 11.9 Å². The zero-order valence-electron chi connectivity index (χ0n) is 13.1. The fourth-order valence-electron chi connectivity index (χ4n) is 2.28. The molecule has 6 nitrogen and oxygen atoms in total. The van der Waals surface area contributed by atoms with Crippen LogP contribution in [0.2, 0.25) is 0 Å². The van der Waals surface area contributed by atoms with E-state index >= 15 is 0 Å². The molecule has 0 atom stereocenters. The van der Waals surface area contributed by atoms with E-state index in [2.05, 4.69) is 0 Å². The fraction of sp³-hybridized carbons (Fsp3) is 0.235. The van der Waals surface area contributed by atoms with Crippen molar-refractivity contribution in [3.8, 4) is 11.8 Å². The summed E-state index contributed by atoms with van der Waals surface area (Å²) < 4.78 is 12.0. The van der Waals surface area contributed by atoms with Crippen molar-refractivity contribution in [1.29, 1.82) is 5.26 Å². The molecule has 0 bridgehead atoms. The summed E-state index contributed by atoms with van der Waals surface area (Å²) in [5, 5.41) is 9.20. The van der Waals surface area contributed by atoms with Gasteiger partial charge in [0, 0.05) is 18.7 Å². The zero-order chi connectivity index (χ0) is 17.0. The molecule has 0 aliphatic rings. The summed E-state index contributed by atoms with van der Waals surface area (Å²) in [5.74, 6) is -0.870. The Labute approximate surface area is 133 Å². The fourth-order valence-corrected chi connectivity index (χ4v) is 2.28. The van der Waals surface area contributed by atoms with Crippen LogP contribution >= 0.6 is 0 Å². The lowest BCUT2D eigenvalue weighted by Crippen LogP contribution is -2.06. The molecule has 2 rings (SSSR count). The van der Waals surface area contributed by atoms with Crippen LogP contribution in [0, 0.1) is 18.3 Å². The minimum absolute atomic E-state index is 0.156. The van der Waals surface area contributed by atoms with Crippen LogP contribution in [0.5, 0.6) is 5.75 Å². The highest BCUT2D eigenvalue weighted by Gasteiger charge is 2.19. The maximum Gasteiger partial charge on any atom is 0.348 e. The topological polar surface area (TPSA) is 80.8 Å². The van der Waals surface area contributed by atoms with Gasteiger partial charge in [0.2, 0.25) is 0 Å². The number of hydrogen-bond donors (Lipinski definition) is 0. The molecule has 2 aromatic rings. The Hall–Kier alpha value is -3.07. The van der Waals surface area contributed by atoms with Crippen molar-refractivity contribution in [2.75, 3.05) is 6.61 Å². The standard InChI is InChI=1S/C17H16N2O4/c1-4-22-17(21)13(10-18)9-14-15-7-5-6-8-19(15)11(2)16(14)23-12(3)20/h5-9H,4H2,1-3H3/b13-9-. The average molecular weight is 312 g/mol. The van der Waals surface area contributed by atoms with Crippen LogP contribution < -0.4 is 4.74 Å². The monoisotopic (exact) mass is 312 g/mol. The number of aryl methyl sites for hydroxylation is 1. The van der Waals surface area contributed by atoms with Gasteiger partial charge in [-0.15, -0.1) is 0 Å². The third-order valence-corrected chi connectivity index (χ3v) is 3.22. The molecule has 0 N–H and O–H groups in total. The van der Waals surface area contributed by atoms with Crippen LogP contribution in [0.25, 0.3) is 11.6 Å². The van der Waals surface area contributed by atoms with Gasteiger partial charge in [-0.3, -0.25) is 4.79 Å². The Balaban J connectivity index is 2.69. The van der Waals surface area contributed by atoms with Gasteiger partial charge in [-0.1, -0.05) is 6.07 Å². The lowest BCUT2D eigenvalue weighted by atomic mass is 10.1. The van der Waals surface area contributed by atoms with Gasteiger partial charge in [0.25, 0.3) is 0 Å². The lowest BCUT2D eigenvalue weighted by Gasteiger charge is -2.03. The molecule has 0 saturated heterocycles. The van der Waals surface area contributed by atoms with E-state index in [9.17, 15) is 14.9 Å². The van der Waals surface area contributed by atoms with Crippen molar-refractivity contribution < 1.29 is 19.1 Å². The Morgan fingerprint density at radius 3 is 2.74 bits per heavy atom. The minimum Gasteiger partial charge on any atom is -0.462 e. The number of nitrogens with zero attached hydrogens (tertiary/aromatic N) is 2. The number of esters is 2. The van der Waals surface area contributed by atoms with Gasteiger partial charge in [-0.25, -0.2) is 4.79 Å². The van der Waals surface area contributed by atoms with Crippen LogP contribution in [0.3, 0.4) is 0 Å². The highest BCUT2D eigenvalue weighted by molar-refractivity contribution is 6.00. The second kappa shape index (κ2) is 6.79. The number of fused-ring (bicyclic) bond motifs is 1. The molecule has 0 aliphatic carbocycles. The Morgan fingerprint density at radius 1 is 1.39 bits per heavy atom. The molecule has 0 unspecified atom stereocenters. The van der Waals surface area contributed by atoms with Gasteiger partial charge in [-0.2, -0.15) is 5.26 Å². The van der Waals surface area contributed by atoms with E-state index in [-0.39, 0.29) is 12.2 Å². The first-order valence-corrected chi connectivity index (χ1v) is 7.06. The van der Waals surface area contributed by atoms with E-state index in [0.717, 1.165) is 5.52 Å². The van der Waals surface area contributed by atoms with Crippen molar-refractivity contribution >= 4 is 23.5 Å². The van der Waals surface area contributed by atoms with Gasteiger partial charge in [0.05, 0.1) is 17.8 Å². The van der Waals surface area contributed by atoms with Gasteiger partial charge in [-0.05, 0) is 32.1 Å². The molecule has 23 heavy (non-hydrogen) atoms. The average Bonchev–Trinajstić information content (AvgIpc) is 2.78. The number of pyridine rings is 1. The second-order valence-corrected chi connectivity index (χ2v) is 4.77. The van der Waals surface area contributed by atoms with Crippen molar-refractivity contribution in [3.05, 3.63) is 41.2 Å². The van der Waals surface area contributed by atoms with Crippen LogP contribution in [0.1, 0.15) is 25.1 Å². The third kappa shape index (κ3) is 3.24. The molecule has 0 radical (unpaired) electrons. The Kier molecular flexibility index (Phi) is 4.82. The highest BCUT2D eigenvalue weighted by atomic mass is 16.5. The summed E-state index contributed by atoms with van der Waals surface area (Å²) in [5.41, 5.74) is 1.75. The number of rotatable bonds is 4. The van der Waals surface area contributed by atoms with E-state index in [0.29, 0.717) is 17.0 Å². The molecule has 118 valence electrons. The first kappa shape index (κ1) is 16.3. The number of hydrogen-bond acceptors (Lipinski definition) is 5. The first-order chi connectivity index (χ1) is 11.0. The van der Waals surface area contributed by atoms with Crippen LogP contribution in [-0.4, -0.2) is 22.9 Å². The number of carbonyl (C=O) groups is 2. The summed E-state index contributed by atoms with van der Waals surface area (Å²) in [4.78, 5) is 23.2. The summed E-state index contributed by atoms with van der Waals surface area (Å²) in [7, 11) is 0. The smallest absolute Gasteiger partial charge is 0.348 e. The molecular weight excluding hydrogens is 296 g/mol. The predicted molar refractivity (Wildman–Crippen MR) is 83.7 cm³/mol. The van der Waals surface area contributed by atoms with Crippen molar-refractivity contribution in [2.45, 2.75) is 20.8 Å². The highest BCUT2D eigenvalue weighted by Crippen LogP contribution is 2.32. The lowest BCUT2D eigenvalue weighted by molar-refractivity contribution is -0.138. The molecule has 2 heterocycles.